The van der Waals surface area contributed by atoms with E-state index in [9.17, 15) is 4.79 Å². The molecule has 0 saturated carbocycles. The van der Waals surface area contributed by atoms with Gasteiger partial charge in [-0.25, -0.2) is 14.8 Å². The second kappa shape index (κ2) is 6.35. The van der Waals surface area contributed by atoms with Gasteiger partial charge in [0.2, 0.25) is 0 Å². The summed E-state index contributed by atoms with van der Waals surface area (Å²) in [6.45, 7) is 0. The lowest BCUT2D eigenvalue weighted by molar-refractivity contribution is 0.0602. The molecular weight excluding hydrogens is 352 g/mol. The lowest BCUT2D eigenvalue weighted by Crippen LogP contribution is -2.04. The van der Waals surface area contributed by atoms with Crippen molar-refractivity contribution in [1.29, 1.82) is 0 Å². The molecule has 0 atom stereocenters. The first-order chi connectivity index (χ1) is 13.7. The van der Waals surface area contributed by atoms with E-state index in [2.05, 4.69) is 19.9 Å². The quantitative estimate of drug-likeness (QED) is 0.428. The minimum absolute atomic E-state index is 0.394. The van der Waals surface area contributed by atoms with Gasteiger partial charge in [0, 0.05) is 16.6 Å². The van der Waals surface area contributed by atoms with Crippen molar-refractivity contribution in [3.8, 4) is 0 Å². The van der Waals surface area contributed by atoms with Crippen LogP contribution in [0.1, 0.15) is 33.1 Å². The van der Waals surface area contributed by atoms with E-state index in [0.717, 1.165) is 33.6 Å². The Hall–Kier alpha value is -3.93. The molecular formula is C22H16N4O2. The van der Waals surface area contributed by atoms with E-state index >= 15 is 0 Å². The van der Waals surface area contributed by atoms with E-state index in [0.29, 0.717) is 16.8 Å². The number of methoxy groups -OCH3 is 1. The number of rotatable bonds is 1. The zero-order chi connectivity index (χ0) is 19.1. The third kappa shape index (κ3) is 2.91. The van der Waals surface area contributed by atoms with Crippen LogP contribution in [-0.2, 0) is 4.74 Å². The van der Waals surface area contributed by atoms with E-state index < -0.39 is 5.97 Å². The summed E-state index contributed by atoms with van der Waals surface area (Å²) in [4.78, 5) is 28.3. The highest BCUT2D eigenvalue weighted by atomic mass is 16.5. The zero-order valence-corrected chi connectivity index (χ0v) is 15.1. The molecule has 3 aromatic rings. The summed E-state index contributed by atoms with van der Waals surface area (Å²) in [5.74, 6) is -0.440. The fourth-order valence-corrected chi connectivity index (χ4v) is 3.33. The van der Waals surface area contributed by atoms with Crippen LogP contribution in [0, 0.1) is 0 Å². The molecule has 3 aromatic heterocycles. The van der Waals surface area contributed by atoms with Crippen LogP contribution in [0.15, 0.2) is 42.5 Å². The van der Waals surface area contributed by atoms with Crippen LogP contribution >= 0.6 is 0 Å². The van der Waals surface area contributed by atoms with Gasteiger partial charge in [0.25, 0.3) is 0 Å². The number of esters is 1. The summed E-state index contributed by atoms with van der Waals surface area (Å²) in [5.41, 5.74) is 6.78. The van der Waals surface area contributed by atoms with Gasteiger partial charge in [0.15, 0.2) is 0 Å². The number of nitrogens with zero attached hydrogens (tertiary/aromatic N) is 2. The van der Waals surface area contributed by atoms with E-state index in [1.807, 2.05) is 66.8 Å². The molecule has 28 heavy (non-hydrogen) atoms. The van der Waals surface area contributed by atoms with Gasteiger partial charge < -0.3 is 14.7 Å². The summed E-state index contributed by atoms with van der Waals surface area (Å²) in [7, 11) is 1.37. The molecule has 0 amide bonds. The Morgan fingerprint density at radius 3 is 2.25 bits per heavy atom. The second-order valence-electron chi connectivity index (χ2n) is 6.55. The Morgan fingerprint density at radius 2 is 1.43 bits per heavy atom. The number of carbonyl (C=O) groups is 1. The van der Waals surface area contributed by atoms with Gasteiger partial charge >= 0.3 is 5.97 Å². The number of aromatic amines is 2. The van der Waals surface area contributed by atoms with Crippen LogP contribution in [0.2, 0.25) is 0 Å². The van der Waals surface area contributed by atoms with Gasteiger partial charge in [0.1, 0.15) is 5.56 Å². The number of fused-ring (bicyclic) bond motifs is 8. The average molecular weight is 368 g/mol. The van der Waals surface area contributed by atoms with Gasteiger partial charge in [-0.1, -0.05) is 0 Å². The number of aromatic nitrogens is 4. The van der Waals surface area contributed by atoms with Crippen molar-refractivity contribution in [3.63, 3.8) is 0 Å². The lowest BCUT2D eigenvalue weighted by Gasteiger charge is -2.00. The first-order valence-electron chi connectivity index (χ1n) is 8.84. The highest BCUT2D eigenvalue weighted by molar-refractivity contribution is 6.01. The highest BCUT2D eigenvalue weighted by Crippen LogP contribution is 2.21. The Labute approximate surface area is 160 Å². The number of nitrogens with one attached hydrogen (secondary N) is 2. The third-order valence-corrected chi connectivity index (χ3v) is 4.61. The molecule has 8 bridgehead atoms. The van der Waals surface area contributed by atoms with Crippen LogP contribution < -0.4 is 0 Å². The molecule has 2 aliphatic rings. The van der Waals surface area contributed by atoms with Crippen LogP contribution in [0.25, 0.3) is 46.4 Å². The van der Waals surface area contributed by atoms with Crippen LogP contribution in [-0.4, -0.2) is 33.0 Å². The van der Waals surface area contributed by atoms with Gasteiger partial charge in [-0.3, -0.25) is 0 Å². The normalized spacial score (nSPS) is 12.3. The maximum atomic E-state index is 12.5. The van der Waals surface area contributed by atoms with Crippen LogP contribution in [0.3, 0.4) is 0 Å². The summed E-state index contributed by atoms with van der Waals surface area (Å²) in [6.07, 6.45) is 7.57. The average Bonchev–Trinajstić information content (AvgIpc) is 3.46. The van der Waals surface area contributed by atoms with Gasteiger partial charge in [-0.15, -0.1) is 0 Å². The number of hydrogen-bond donors (Lipinski definition) is 2. The fraction of sp³-hybridized carbons (Fsp3) is 0.0455. The Bertz CT molecular complexity index is 1330. The van der Waals surface area contributed by atoms with Crippen molar-refractivity contribution in [3.05, 3.63) is 70.8 Å². The van der Waals surface area contributed by atoms with Crippen molar-refractivity contribution in [2.75, 3.05) is 7.11 Å². The molecule has 0 unspecified atom stereocenters. The van der Waals surface area contributed by atoms with Crippen molar-refractivity contribution in [2.24, 2.45) is 0 Å². The first-order valence-corrected chi connectivity index (χ1v) is 8.84. The summed E-state index contributed by atoms with van der Waals surface area (Å²) < 4.78 is 5.00. The molecule has 0 spiro atoms. The number of hydrogen-bond acceptors (Lipinski definition) is 4. The van der Waals surface area contributed by atoms with Crippen molar-refractivity contribution in [2.45, 2.75) is 0 Å². The minimum Gasteiger partial charge on any atom is -0.465 e. The molecule has 0 aromatic carbocycles. The van der Waals surface area contributed by atoms with Crippen molar-refractivity contribution < 1.29 is 9.53 Å². The molecule has 136 valence electrons. The molecule has 0 aliphatic carbocycles. The van der Waals surface area contributed by atoms with Crippen molar-refractivity contribution >= 4 is 52.3 Å². The molecule has 5 heterocycles. The molecule has 0 radical (unpaired) electrons. The monoisotopic (exact) mass is 368 g/mol. The SMILES string of the molecule is COC(=O)c1c2nc(cc3nc(cc4ccc(cc5ccc1[nH]5)[nH]4)C=C3)C=C2. The minimum atomic E-state index is -0.440. The van der Waals surface area contributed by atoms with Gasteiger partial charge in [-0.05, 0) is 66.8 Å². The molecule has 2 aliphatic heterocycles. The largest absolute Gasteiger partial charge is 0.465 e. The fourth-order valence-electron chi connectivity index (χ4n) is 3.33. The molecule has 6 nitrogen and oxygen atoms in total. The summed E-state index contributed by atoms with van der Waals surface area (Å²) in [5, 5.41) is 0. The number of carbonyl (C=O) groups excluding carboxylic acids is 1. The molecule has 5 rings (SSSR count). The first kappa shape index (κ1) is 16.3. The Morgan fingerprint density at radius 1 is 0.786 bits per heavy atom. The smallest absolute Gasteiger partial charge is 0.342 e. The Balaban J connectivity index is 1.89. The molecule has 0 saturated heterocycles. The maximum absolute atomic E-state index is 12.5. The van der Waals surface area contributed by atoms with Crippen LogP contribution in [0.4, 0.5) is 0 Å². The highest BCUT2D eigenvalue weighted by Gasteiger charge is 2.16. The van der Waals surface area contributed by atoms with E-state index in [1.165, 1.54) is 7.11 Å². The standard InChI is InChI=1S/C22H16N4O2/c1-28-22(27)21-19-8-6-17(25-19)11-15-4-2-13(23-15)10-14-3-5-16(24-14)12-18-7-9-20(21)26-18/h2-12,23,25H,1H3. The predicted molar refractivity (Wildman–Crippen MR) is 110 cm³/mol. The van der Waals surface area contributed by atoms with E-state index in [-0.39, 0.29) is 0 Å². The molecule has 0 fully saturated rings. The topological polar surface area (TPSA) is 83.7 Å². The summed E-state index contributed by atoms with van der Waals surface area (Å²) >= 11 is 0. The van der Waals surface area contributed by atoms with Gasteiger partial charge in [0.05, 0.1) is 35.4 Å². The molecule has 6 heteroatoms. The summed E-state index contributed by atoms with van der Waals surface area (Å²) in [6, 6.07) is 13.6. The predicted octanol–water partition coefficient (Wildman–Crippen LogP) is 4.44. The van der Waals surface area contributed by atoms with E-state index in [4.69, 9.17) is 4.74 Å². The second-order valence-corrected chi connectivity index (χ2v) is 6.55. The number of ether oxygens (including phenoxy) is 1. The van der Waals surface area contributed by atoms with Gasteiger partial charge in [-0.2, -0.15) is 0 Å². The van der Waals surface area contributed by atoms with Crippen molar-refractivity contribution in [1.82, 2.24) is 19.9 Å². The third-order valence-electron chi connectivity index (χ3n) is 4.61. The molecule has 2 N–H and O–H groups in total. The Kier molecular flexibility index (Phi) is 3.69. The maximum Gasteiger partial charge on any atom is 0.342 e. The number of H-pyrrole nitrogens is 2. The van der Waals surface area contributed by atoms with E-state index in [1.54, 1.807) is 0 Å². The lowest BCUT2D eigenvalue weighted by atomic mass is 10.2. The zero-order valence-electron chi connectivity index (χ0n) is 15.1. The van der Waals surface area contributed by atoms with Crippen LogP contribution in [0.5, 0.6) is 0 Å².